The Hall–Kier alpha value is -2.54. The van der Waals surface area contributed by atoms with Crippen molar-refractivity contribution < 1.29 is 17.9 Å². The Morgan fingerprint density at radius 2 is 1.79 bits per heavy atom. The molecule has 1 heterocycles. The number of nitrogens with one attached hydrogen (secondary N) is 1. The van der Waals surface area contributed by atoms with Crippen LogP contribution in [0.3, 0.4) is 0 Å². The standard InChI is InChI=1S/C21H26N2O4S/c1-16(2)12-14-27-20-10-4-17(5-11-20)21(24)22-18-6-8-19(9-7-18)23-13-3-15-28(23,25)26/h4-11,16H,3,12-15H2,1-2H3,(H,22,24). The minimum Gasteiger partial charge on any atom is -0.494 e. The molecule has 1 aliphatic heterocycles. The lowest BCUT2D eigenvalue weighted by atomic mass is 10.1. The summed E-state index contributed by atoms with van der Waals surface area (Å²) < 4.78 is 31.0. The summed E-state index contributed by atoms with van der Waals surface area (Å²) in [7, 11) is -3.20. The van der Waals surface area contributed by atoms with Crippen molar-refractivity contribution in [2.45, 2.75) is 26.7 Å². The summed E-state index contributed by atoms with van der Waals surface area (Å²) in [6, 6.07) is 13.9. The van der Waals surface area contributed by atoms with Gasteiger partial charge in [0.05, 0.1) is 18.0 Å². The van der Waals surface area contributed by atoms with E-state index in [-0.39, 0.29) is 11.7 Å². The highest BCUT2D eigenvalue weighted by Crippen LogP contribution is 2.25. The molecule has 0 bridgehead atoms. The Balaban J connectivity index is 1.58. The summed E-state index contributed by atoms with van der Waals surface area (Å²) in [6.45, 7) is 5.45. The monoisotopic (exact) mass is 402 g/mol. The van der Waals surface area contributed by atoms with E-state index >= 15 is 0 Å². The van der Waals surface area contributed by atoms with E-state index in [0.717, 1.165) is 12.2 Å². The first-order valence-electron chi connectivity index (χ1n) is 9.50. The number of carbonyl (C=O) groups is 1. The number of rotatable bonds is 7. The third-order valence-corrected chi connectivity index (χ3v) is 6.46. The lowest BCUT2D eigenvalue weighted by Gasteiger charge is -2.17. The first-order chi connectivity index (χ1) is 13.3. The van der Waals surface area contributed by atoms with Crippen LogP contribution in [0.2, 0.25) is 0 Å². The number of amides is 1. The normalized spacial score (nSPS) is 15.6. The Kier molecular flexibility index (Phi) is 6.24. The Bertz CT molecular complexity index is 906. The fourth-order valence-electron chi connectivity index (χ4n) is 2.96. The zero-order valence-corrected chi connectivity index (χ0v) is 17.0. The van der Waals surface area contributed by atoms with Gasteiger partial charge in [-0.3, -0.25) is 9.10 Å². The van der Waals surface area contributed by atoms with Crippen LogP contribution in [0.4, 0.5) is 11.4 Å². The first kappa shape index (κ1) is 20.2. The van der Waals surface area contributed by atoms with E-state index in [4.69, 9.17) is 4.74 Å². The molecule has 150 valence electrons. The van der Waals surface area contributed by atoms with Gasteiger partial charge in [0.2, 0.25) is 10.0 Å². The predicted molar refractivity (Wildman–Crippen MR) is 112 cm³/mol. The van der Waals surface area contributed by atoms with Gasteiger partial charge >= 0.3 is 0 Å². The predicted octanol–water partition coefficient (Wildman–Crippen LogP) is 3.90. The van der Waals surface area contributed by atoms with Crippen molar-refractivity contribution in [3.8, 4) is 5.75 Å². The molecule has 6 nitrogen and oxygen atoms in total. The van der Waals surface area contributed by atoms with Crippen LogP contribution in [0.1, 0.15) is 37.0 Å². The van der Waals surface area contributed by atoms with E-state index in [1.54, 1.807) is 48.5 Å². The van der Waals surface area contributed by atoms with Gasteiger partial charge in [0.1, 0.15) is 5.75 Å². The molecule has 0 spiro atoms. The van der Waals surface area contributed by atoms with E-state index in [0.29, 0.717) is 42.4 Å². The van der Waals surface area contributed by atoms with Crippen LogP contribution in [-0.2, 0) is 10.0 Å². The molecule has 0 aromatic heterocycles. The minimum atomic E-state index is -3.20. The van der Waals surface area contributed by atoms with Crippen LogP contribution in [0, 0.1) is 5.92 Å². The van der Waals surface area contributed by atoms with Gasteiger partial charge in [0.25, 0.3) is 5.91 Å². The number of nitrogens with zero attached hydrogens (tertiary/aromatic N) is 1. The summed E-state index contributed by atoms with van der Waals surface area (Å²) in [5.41, 5.74) is 1.77. The van der Waals surface area contributed by atoms with Gasteiger partial charge in [0.15, 0.2) is 0 Å². The third kappa shape index (κ3) is 5.04. The minimum absolute atomic E-state index is 0.183. The van der Waals surface area contributed by atoms with E-state index in [2.05, 4.69) is 19.2 Å². The van der Waals surface area contributed by atoms with Crippen LogP contribution in [0.25, 0.3) is 0 Å². The van der Waals surface area contributed by atoms with Crippen LogP contribution < -0.4 is 14.4 Å². The molecule has 1 aliphatic rings. The Labute approximate surface area is 166 Å². The van der Waals surface area contributed by atoms with Gasteiger partial charge in [-0.25, -0.2) is 8.42 Å². The molecule has 3 rings (SSSR count). The van der Waals surface area contributed by atoms with Crippen molar-refractivity contribution in [2.75, 3.05) is 28.5 Å². The van der Waals surface area contributed by atoms with Crippen molar-refractivity contribution in [2.24, 2.45) is 5.92 Å². The zero-order chi connectivity index (χ0) is 20.1. The van der Waals surface area contributed by atoms with Crippen molar-refractivity contribution in [3.63, 3.8) is 0 Å². The van der Waals surface area contributed by atoms with Crippen LogP contribution in [0.15, 0.2) is 48.5 Å². The van der Waals surface area contributed by atoms with E-state index in [9.17, 15) is 13.2 Å². The highest BCUT2D eigenvalue weighted by atomic mass is 32.2. The van der Waals surface area contributed by atoms with Crippen molar-refractivity contribution in [1.29, 1.82) is 0 Å². The van der Waals surface area contributed by atoms with Crippen LogP contribution in [-0.4, -0.2) is 33.2 Å². The molecule has 28 heavy (non-hydrogen) atoms. The number of hydrogen-bond acceptors (Lipinski definition) is 4. The quantitative estimate of drug-likeness (QED) is 0.762. The van der Waals surface area contributed by atoms with Gasteiger partial charge in [-0.05, 0) is 67.3 Å². The molecule has 1 amide bonds. The highest BCUT2D eigenvalue weighted by molar-refractivity contribution is 7.93. The summed E-state index contributed by atoms with van der Waals surface area (Å²) >= 11 is 0. The highest BCUT2D eigenvalue weighted by Gasteiger charge is 2.28. The van der Waals surface area contributed by atoms with E-state index < -0.39 is 10.0 Å². The summed E-state index contributed by atoms with van der Waals surface area (Å²) in [4.78, 5) is 12.4. The fraction of sp³-hybridized carbons (Fsp3) is 0.381. The molecule has 0 atom stereocenters. The number of hydrogen-bond donors (Lipinski definition) is 1. The lowest BCUT2D eigenvalue weighted by Crippen LogP contribution is -2.24. The summed E-state index contributed by atoms with van der Waals surface area (Å²) in [6.07, 6.45) is 1.62. The maximum Gasteiger partial charge on any atom is 0.255 e. The maximum atomic E-state index is 12.4. The molecule has 0 unspecified atom stereocenters. The largest absolute Gasteiger partial charge is 0.494 e. The third-order valence-electron chi connectivity index (χ3n) is 4.59. The SMILES string of the molecule is CC(C)CCOc1ccc(C(=O)Nc2ccc(N3CCCS3(=O)=O)cc2)cc1. The number of anilines is 2. The van der Waals surface area contributed by atoms with E-state index in [1.807, 2.05) is 0 Å². The smallest absolute Gasteiger partial charge is 0.255 e. The molecule has 1 N–H and O–H groups in total. The molecule has 2 aromatic carbocycles. The Morgan fingerprint density at radius 3 is 2.36 bits per heavy atom. The first-order valence-corrected chi connectivity index (χ1v) is 11.1. The van der Waals surface area contributed by atoms with Crippen molar-refractivity contribution >= 4 is 27.3 Å². The van der Waals surface area contributed by atoms with Gasteiger partial charge in [-0.1, -0.05) is 13.8 Å². The fourth-order valence-corrected chi connectivity index (χ4v) is 4.52. The lowest BCUT2D eigenvalue weighted by molar-refractivity contribution is 0.102. The van der Waals surface area contributed by atoms with Crippen molar-refractivity contribution in [1.82, 2.24) is 0 Å². The second-order valence-electron chi connectivity index (χ2n) is 7.30. The molecule has 0 saturated carbocycles. The Morgan fingerprint density at radius 1 is 1.11 bits per heavy atom. The van der Waals surface area contributed by atoms with Crippen LogP contribution in [0.5, 0.6) is 5.75 Å². The molecular formula is C21H26N2O4S. The number of benzene rings is 2. The van der Waals surface area contributed by atoms with E-state index in [1.165, 1.54) is 4.31 Å². The number of carbonyl (C=O) groups excluding carboxylic acids is 1. The zero-order valence-electron chi connectivity index (χ0n) is 16.2. The van der Waals surface area contributed by atoms with Gasteiger partial charge in [-0.15, -0.1) is 0 Å². The molecule has 0 aliphatic carbocycles. The summed E-state index contributed by atoms with van der Waals surface area (Å²) in [5.74, 6) is 1.29. The second-order valence-corrected chi connectivity index (χ2v) is 9.31. The van der Waals surface area contributed by atoms with Gasteiger partial charge in [0, 0.05) is 17.8 Å². The molecule has 1 saturated heterocycles. The average Bonchev–Trinajstić information content (AvgIpc) is 3.02. The molecule has 1 fully saturated rings. The topological polar surface area (TPSA) is 75.7 Å². The number of ether oxygens (including phenoxy) is 1. The molecular weight excluding hydrogens is 376 g/mol. The van der Waals surface area contributed by atoms with Gasteiger partial charge in [-0.2, -0.15) is 0 Å². The molecule has 0 radical (unpaired) electrons. The van der Waals surface area contributed by atoms with Gasteiger partial charge < -0.3 is 10.1 Å². The maximum absolute atomic E-state index is 12.4. The second kappa shape index (κ2) is 8.65. The summed E-state index contributed by atoms with van der Waals surface area (Å²) in [5, 5.41) is 2.83. The van der Waals surface area contributed by atoms with Crippen molar-refractivity contribution in [3.05, 3.63) is 54.1 Å². The average molecular weight is 403 g/mol. The molecule has 7 heteroatoms. The number of sulfonamides is 1. The molecule has 2 aromatic rings. The van der Waals surface area contributed by atoms with Crippen LogP contribution >= 0.6 is 0 Å².